The third-order valence-corrected chi connectivity index (χ3v) is 4.92. The quantitative estimate of drug-likeness (QED) is 0.889. The average Bonchev–Trinajstić information content (AvgIpc) is 2.82. The summed E-state index contributed by atoms with van der Waals surface area (Å²) in [6, 6.07) is 4.65. The predicted molar refractivity (Wildman–Crippen MR) is 92.2 cm³/mol. The number of amides is 1. The molecule has 3 nitrogen and oxygen atoms in total. The van der Waals surface area contributed by atoms with Crippen molar-refractivity contribution in [2.24, 2.45) is 5.92 Å². The SMILES string of the molecule is CC(C)C(=O)NCC(c1cccs1)N1CCCCCC1.Cl. The summed E-state index contributed by atoms with van der Waals surface area (Å²) in [6.45, 7) is 6.93. The monoisotopic (exact) mass is 330 g/mol. The zero-order valence-corrected chi connectivity index (χ0v) is 14.6. The first-order chi connectivity index (χ1) is 9.68. The summed E-state index contributed by atoms with van der Waals surface area (Å²) in [5.41, 5.74) is 0. The number of rotatable bonds is 5. The number of thiophene rings is 1. The zero-order valence-electron chi connectivity index (χ0n) is 13.0. The normalized spacial score (nSPS) is 17.9. The van der Waals surface area contributed by atoms with Gasteiger partial charge in [-0.05, 0) is 37.4 Å². The molecule has 1 fully saturated rings. The smallest absolute Gasteiger partial charge is 0.222 e. The van der Waals surface area contributed by atoms with Crippen LogP contribution in [0.4, 0.5) is 0 Å². The third-order valence-electron chi connectivity index (χ3n) is 3.95. The van der Waals surface area contributed by atoms with Crippen molar-refractivity contribution < 1.29 is 4.79 Å². The molecule has 0 saturated carbocycles. The van der Waals surface area contributed by atoms with Crippen LogP contribution in [-0.4, -0.2) is 30.4 Å². The summed E-state index contributed by atoms with van der Waals surface area (Å²) in [6.07, 6.45) is 5.23. The van der Waals surface area contributed by atoms with E-state index in [0.717, 1.165) is 19.6 Å². The lowest BCUT2D eigenvalue weighted by atomic mass is 10.1. The third kappa shape index (κ3) is 5.61. The van der Waals surface area contributed by atoms with E-state index in [0.29, 0.717) is 6.04 Å². The molecule has 1 aromatic heterocycles. The summed E-state index contributed by atoms with van der Waals surface area (Å²) in [4.78, 5) is 15.8. The van der Waals surface area contributed by atoms with Crippen LogP contribution in [0.2, 0.25) is 0 Å². The number of carbonyl (C=O) groups excluding carboxylic acids is 1. The highest BCUT2D eigenvalue weighted by molar-refractivity contribution is 7.10. The second kappa shape index (κ2) is 9.44. The van der Waals surface area contributed by atoms with Gasteiger partial charge in [0.25, 0.3) is 0 Å². The summed E-state index contributed by atoms with van der Waals surface area (Å²) < 4.78 is 0. The van der Waals surface area contributed by atoms with Gasteiger partial charge in [-0.15, -0.1) is 23.7 Å². The van der Waals surface area contributed by atoms with E-state index in [1.807, 2.05) is 13.8 Å². The van der Waals surface area contributed by atoms with Gasteiger partial charge < -0.3 is 5.32 Å². The van der Waals surface area contributed by atoms with Gasteiger partial charge in [0.2, 0.25) is 5.91 Å². The molecule has 2 heterocycles. The lowest BCUT2D eigenvalue weighted by molar-refractivity contribution is -0.124. The van der Waals surface area contributed by atoms with Crippen LogP contribution >= 0.6 is 23.7 Å². The van der Waals surface area contributed by atoms with Gasteiger partial charge in [0, 0.05) is 17.3 Å². The molecule has 0 aromatic carbocycles. The minimum atomic E-state index is 0. The molecule has 21 heavy (non-hydrogen) atoms. The molecule has 1 aromatic rings. The Morgan fingerprint density at radius 1 is 1.29 bits per heavy atom. The summed E-state index contributed by atoms with van der Waals surface area (Å²) in [5, 5.41) is 5.24. The van der Waals surface area contributed by atoms with Crippen molar-refractivity contribution in [2.75, 3.05) is 19.6 Å². The van der Waals surface area contributed by atoms with E-state index >= 15 is 0 Å². The molecule has 5 heteroatoms. The van der Waals surface area contributed by atoms with Gasteiger partial charge in [0.15, 0.2) is 0 Å². The van der Waals surface area contributed by atoms with Crippen molar-refractivity contribution in [1.82, 2.24) is 10.2 Å². The largest absolute Gasteiger partial charge is 0.354 e. The summed E-state index contributed by atoms with van der Waals surface area (Å²) >= 11 is 1.80. The molecule has 1 atom stereocenters. The molecule has 1 saturated heterocycles. The van der Waals surface area contributed by atoms with Crippen LogP contribution in [0.1, 0.15) is 50.4 Å². The van der Waals surface area contributed by atoms with Gasteiger partial charge in [-0.1, -0.05) is 32.8 Å². The van der Waals surface area contributed by atoms with Crippen LogP contribution in [0.25, 0.3) is 0 Å². The first-order valence-corrected chi connectivity index (χ1v) is 8.61. The number of nitrogens with one attached hydrogen (secondary N) is 1. The van der Waals surface area contributed by atoms with E-state index in [4.69, 9.17) is 0 Å². The Kier molecular flexibility index (Phi) is 8.30. The first kappa shape index (κ1) is 18.5. The van der Waals surface area contributed by atoms with Gasteiger partial charge in [0.1, 0.15) is 0 Å². The van der Waals surface area contributed by atoms with E-state index in [9.17, 15) is 4.79 Å². The van der Waals surface area contributed by atoms with Crippen LogP contribution in [-0.2, 0) is 4.79 Å². The van der Waals surface area contributed by atoms with E-state index < -0.39 is 0 Å². The number of hydrogen-bond donors (Lipinski definition) is 1. The Hall–Kier alpha value is -0.580. The van der Waals surface area contributed by atoms with Crippen molar-refractivity contribution in [3.05, 3.63) is 22.4 Å². The second-order valence-electron chi connectivity index (χ2n) is 5.88. The van der Waals surface area contributed by atoms with Crippen molar-refractivity contribution in [3.63, 3.8) is 0 Å². The van der Waals surface area contributed by atoms with Crippen molar-refractivity contribution in [1.29, 1.82) is 0 Å². The maximum Gasteiger partial charge on any atom is 0.222 e. The Labute approximate surface area is 138 Å². The zero-order chi connectivity index (χ0) is 14.4. The first-order valence-electron chi connectivity index (χ1n) is 7.73. The molecule has 0 bridgehead atoms. The Balaban J connectivity index is 0.00000220. The predicted octanol–water partition coefficient (Wildman–Crippen LogP) is 3.86. The van der Waals surface area contributed by atoms with E-state index in [2.05, 4.69) is 27.7 Å². The maximum absolute atomic E-state index is 11.8. The lowest BCUT2D eigenvalue weighted by Gasteiger charge is -2.30. The highest BCUT2D eigenvalue weighted by atomic mass is 35.5. The van der Waals surface area contributed by atoms with Gasteiger partial charge in [0.05, 0.1) is 6.04 Å². The van der Waals surface area contributed by atoms with Crippen molar-refractivity contribution in [2.45, 2.75) is 45.6 Å². The maximum atomic E-state index is 11.8. The highest BCUT2D eigenvalue weighted by Crippen LogP contribution is 2.27. The van der Waals surface area contributed by atoms with E-state index in [1.165, 1.54) is 30.6 Å². The molecule has 0 radical (unpaired) electrons. The second-order valence-corrected chi connectivity index (χ2v) is 6.86. The van der Waals surface area contributed by atoms with Crippen molar-refractivity contribution in [3.8, 4) is 0 Å². The fourth-order valence-corrected chi connectivity index (χ4v) is 3.56. The molecule has 120 valence electrons. The average molecular weight is 331 g/mol. The fourth-order valence-electron chi connectivity index (χ4n) is 2.70. The molecular formula is C16H27ClN2OS. The minimum absolute atomic E-state index is 0. The lowest BCUT2D eigenvalue weighted by Crippen LogP contribution is -2.39. The van der Waals surface area contributed by atoms with Gasteiger partial charge in [-0.2, -0.15) is 0 Å². The summed E-state index contributed by atoms with van der Waals surface area (Å²) in [5.74, 6) is 0.212. The molecule has 1 aliphatic rings. The number of hydrogen-bond acceptors (Lipinski definition) is 3. The number of carbonyl (C=O) groups is 1. The van der Waals surface area contributed by atoms with Crippen LogP contribution < -0.4 is 5.32 Å². The van der Waals surface area contributed by atoms with E-state index in [-0.39, 0.29) is 24.2 Å². The van der Waals surface area contributed by atoms with Gasteiger partial charge in [-0.3, -0.25) is 9.69 Å². The Morgan fingerprint density at radius 3 is 2.48 bits per heavy atom. The molecule has 0 spiro atoms. The van der Waals surface area contributed by atoms with Crippen LogP contribution in [0.15, 0.2) is 17.5 Å². The van der Waals surface area contributed by atoms with Crippen molar-refractivity contribution >= 4 is 29.7 Å². The Morgan fingerprint density at radius 2 is 1.95 bits per heavy atom. The summed E-state index contributed by atoms with van der Waals surface area (Å²) in [7, 11) is 0. The highest BCUT2D eigenvalue weighted by Gasteiger charge is 2.23. The molecule has 1 N–H and O–H groups in total. The van der Waals surface area contributed by atoms with Gasteiger partial charge >= 0.3 is 0 Å². The minimum Gasteiger partial charge on any atom is -0.354 e. The molecule has 0 aliphatic carbocycles. The number of halogens is 1. The number of nitrogens with zero attached hydrogens (tertiary/aromatic N) is 1. The Bertz CT molecular complexity index is 400. The van der Waals surface area contributed by atoms with Crippen LogP contribution in [0.5, 0.6) is 0 Å². The number of likely N-dealkylation sites (tertiary alicyclic amines) is 1. The van der Waals surface area contributed by atoms with Crippen LogP contribution in [0, 0.1) is 5.92 Å². The molecule has 1 amide bonds. The molecule has 1 unspecified atom stereocenters. The van der Waals surface area contributed by atoms with E-state index in [1.54, 1.807) is 11.3 Å². The van der Waals surface area contributed by atoms with Gasteiger partial charge in [-0.25, -0.2) is 0 Å². The fraction of sp³-hybridized carbons (Fsp3) is 0.688. The van der Waals surface area contributed by atoms with Crippen LogP contribution in [0.3, 0.4) is 0 Å². The molecule has 2 rings (SSSR count). The standard InChI is InChI=1S/C16H26N2OS.ClH/c1-13(2)16(19)17-12-14(15-8-7-11-20-15)18-9-5-3-4-6-10-18;/h7-8,11,13-14H,3-6,9-10,12H2,1-2H3,(H,17,19);1H. The molecular weight excluding hydrogens is 304 g/mol. The molecule has 1 aliphatic heterocycles. The topological polar surface area (TPSA) is 32.3 Å².